The lowest BCUT2D eigenvalue weighted by molar-refractivity contribution is 0.391. The van der Waals surface area contributed by atoms with Crippen LogP contribution in [0.25, 0.3) is 11.0 Å². The Labute approximate surface area is 176 Å². The summed E-state index contributed by atoms with van der Waals surface area (Å²) in [7, 11) is 1.77. The number of aromatic nitrogens is 1. The van der Waals surface area contributed by atoms with Crippen molar-refractivity contribution in [1.82, 2.24) is 15.8 Å². The van der Waals surface area contributed by atoms with Crippen LogP contribution in [-0.2, 0) is 0 Å². The third-order valence-corrected chi connectivity index (χ3v) is 4.61. The molecule has 1 aromatic carbocycles. The van der Waals surface area contributed by atoms with E-state index in [1.807, 2.05) is 38.1 Å². The smallest absolute Gasteiger partial charge is 0.191 e. The van der Waals surface area contributed by atoms with E-state index in [4.69, 9.17) is 8.94 Å². The van der Waals surface area contributed by atoms with E-state index < -0.39 is 0 Å². The Morgan fingerprint density at radius 2 is 1.96 bits per heavy atom. The molecule has 2 N–H and O–H groups in total. The monoisotopic (exact) mass is 482 g/mol. The third kappa shape index (κ3) is 4.82. The number of aryl methyl sites for hydroxylation is 2. The summed E-state index contributed by atoms with van der Waals surface area (Å²) >= 11 is 0. The molecule has 0 spiro atoms. The maximum Gasteiger partial charge on any atom is 0.191 e. The van der Waals surface area contributed by atoms with Gasteiger partial charge in [-0.1, -0.05) is 30.3 Å². The lowest BCUT2D eigenvalue weighted by Gasteiger charge is -2.18. The molecule has 27 heavy (non-hydrogen) atoms. The zero-order chi connectivity index (χ0) is 18.7. The molecule has 0 aliphatic rings. The number of para-hydroxylation sites is 1. The Bertz CT molecular complexity index is 863. The fourth-order valence-electron chi connectivity index (χ4n) is 3.23. The molecule has 3 rings (SSSR count). The summed E-state index contributed by atoms with van der Waals surface area (Å²) in [5.41, 5.74) is 2.99. The van der Waals surface area contributed by atoms with Crippen LogP contribution in [0.2, 0.25) is 0 Å². The minimum absolute atomic E-state index is 0. The summed E-state index contributed by atoms with van der Waals surface area (Å²) in [6.45, 7) is 8.86. The van der Waals surface area contributed by atoms with E-state index in [0.717, 1.165) is 46.3 Å². The molecule has 0 aliphatic carbocycles. The minimum atomic E-state index is 0. The molecular formula is C20H27IN4O2. The minimum Gasteiger partial charge on any atom is -0.459 e. The standard InChI is InChI=1S/C20H26N4O2.HI/c1-12(19-14(3)24-26-15(19)4)11-22-20(21-5)23-13(2)18-10-16-8-6-7-9-17(16)25-18;/h6-10,12-13H,11H2,1-5H3,(H2,21,22,23);1H. The molecule has 0 amide bonds. The van der Waals surface area contributed by atoms with Crippen molar-refractivity contribution in [2.45, 2.75) is 39.7 Å². The van der Waals surface area contributed by atoms with Gasteiger partial charge in [0.2, 0.25) is 0 Å². The fourth-order valence-corrected chi connectivity index (χ4v) is 3.23. The van der Waals surface area contributed by atoms with Crippen LogP contribution >= 0.6 is 24.0 Å². The lowest BCUT2D eigenvalue weighted by Crippen LogP contribution is -2.40. The van der Waals surface area contributed by atoms with Crippen molar-refractivity contribution in [3.63, 3.8) is 0 Å². The van der Waals surface area contributed by atoms with E-state index in [-0.39, 0.29) is 35.9 Å². The van der Waals surface area contributed by atoms with Crippen LogP contribution in [0.5, 0.6) is 0 Å². The molecule has 0 radical (unpaired) electrons. The molecule has 2 heterocycles. The van der Waals surface area contributed by atoms with Gasteiger partial charge in [0.05, 0.1) is 11.7 Å². The molecule has 0 fully saturated rings. The van der Waals surface area contributed by atoms with E-state index in [0.29, 0.717) is 0 Å². The largest absolute Gasteiger partial charge is 0.459 e. The van der Waals surface area contributed by atoms with Gasteiger partial charge in [0.15, 0.2) is 5.96 Å². The van der Waals surface area contributed by atoms with Crippen molar-refractivity contribution in [1.29, 1.82) is 0 Å². The van der Waals surface area contributed by atoms with E-state index in [1.54, 1.807) is 7.05 Å². The number of fused-ring (bicyclic) bond motifs is 1. The Hall–Kier alpha value is -2.03. The van der Waals surface area contributed by atoms with Gasteiger partial charge in [-0.15, -0.1) is 24.0 Å². The van der Waals surface area contributed by atoms with Gasteiger partial charge in [0.25, 0.3) is 0 Å². The number of benzene rings is 1. The second-order valence-corrected chi connectivity index (χ2v) is 6.64. The van der Waals surface area contributed by atoms with Crippen LogP contribution in [0.1, 0.15) is 48.6 Å². The molecule has 0 saturated carbocycles. The fraction of sp³-hybridized carbons (Fsp3) is 0.400. The Balaban J connectivity index is 0.00000261. The van der Waals surface area contributed by atoms with Gasteiger partial charge in [-0.2, -0.15) is 0 Å². The molecule has 146 valence electrons. The van der Waals surface area contributed by atoms with Crippen molar-refractivity contribution in [3.05, 3.63) is 53.1 Å². The summed E-state index contributed by atoms with van der Waals surface area (Å²) in [5.74, 6) is 2.75. The lowest BCUT2D eigenvalue weighted by atomic mass is 10.00. The summed E-state index contributed by atoms with van der Waals surface area (Å²) in [4.78, 5) is 4.32. The summed E-state index contributed by atoms with van der Waals surface area (Å²) in [5, 5.41) is 11.9. The summed E-state index contributed by atoms with van der Waals surface area (Å²) in [6, 6.07) is 10.1. The molecular weight excluding hydrogens is 455 g/mol. The normalized spacial score (nSPS) is 13.9. The first kappa shape index (κ1) is 21.3. The first-order chi connectivity index (χ1) is 12.5. The van der Waals surface area contributed by atoms with Crippen molar-refractivity contribution < 1.29 is 8.94 Å². The zero-order valence-corrected chi connectivity index (χ0v) is 18.7. The van der Waals surface area contributed by atoms with Gasteiger partial charge in [-0.05, 0) is 32.9 Å². The number of guanidine groups is 1. The van der Waals surface area contributed by atoms with Crippen molar-refractivity contribution in [2.24, 2.45) is 4.99 Å². The van der Waals surface area contributed by atoms with Gasteiger partial charge >= 0.3 is 0 Å². The first-order valence-corrected chi connectivity index (χ1v) is 8.88. The number of nitrogens with zero attached hydrogens (tertiary/aromatic N) is 2. The van der Waals surface area contributed by atoms with Gasteiger partial charge in [0, 0.05) is 30.5 Å². The van der Waals surface area contributed by atoms with Crippen LogP contribution in [0, 0.1) is 13.8 Å². The van der Waals surface area contributed by atoms with Gasteiger partial charge < -0.3 is 19.6 Å². The number of halogens is 1. The Kier molecular flexibility index (Phi) is 7.29. The number of furan rings is 1. The number of nitrogens with one attached hydrogen (secondary N) is 2. The van der Waals surface area contributed by atoms with Crippen LogP contribution < -0.4 is 10.6 Å². The third-order valence-electron chi connectivity index (χ3n) is 4.61. The van der Waals surface area contributed by atoms with E-state index >= 15 is 0 Å². The summed E-state index contributed by atoms with van der Waals surface area (Å²) < 4.78 is 11.2. The average molecular weight is 482 g/mol. The maximum absolute atomic E-state index is 5.93. The predicted octanol–water partition coefficient (Wildman–Crippen LogP) is 4.69. The SMILES string of the molecule is CN=C(NCC(C)c1c(C)noc1C)NC(C)c1cc2ccccc2o1.I. The van der Waals surface area contributed by atoms with Crippen LogP contribution in [0.15, 0.2) is 44.3 Å². The highest BCUT2D eigenvalue weighted by Crippen LogP contribution is 2.24. The molecule has 0 saturated heterocycles. The number of hydrogen-bond donors (Lipinski definition) is 2. The molecule has 2 atom stereocenters. The van der Waals surface area contributed by atoms with E-state index in [9.17, 15) is 0 Å². The van der Waals surface area contributed by atoms with Crippen molar-refractivity contribution >= 4 is 40.9 Å². The average Bonchev–Trinajstić information content (AvgIpc) is 3.21. The molecule has 0 aliphatic heterocycles. The molecule has 6 nitrogen and oxygen atoms in total. The van der Waals surface area contributed by atoms with Crippen LogP contribution in [0.3, 0.4) is 0 Å². The quantitative estimate of drug-likeness (QED) is 0.314. The van der Waals surface area contributed by atoms with E-state index in [1.165, 1.54) is 0 Å². The molecule has 7 heteroatoms. The number of aliphatic imine (C=N–C) groups is 1. The maximum atomic E-state index is 5.93. The Morgan fingerprint density at radius 1 is 1.22 bits per heavy atom. The Morgan fingerprint density at radius 3 is 2.59 bits per heavy atom. The predicted molar refractivity (Wildman–Crippen MR) is 119 cm³/mol. The molecule has 3 aromatic rings. The highest BCUT2D eigenvalue weighted by molar-refractivity contribution is 14.0. The highest BCUT2D eigenvalue weighted by Gasteiger charge is 2.18. The number of hydrogen-bond acceptors (Lipinski definition) is 4. The molecule has 2 aromatic heterocycles. The molecule has 0 bridgehead atoms. The van der Waals surface area contributed by atoms with Gasteiger partial charge in [0.1, 0.15) is 17.1 Å². The van der Waals surface area contributed by atoms with Crippen molar-refractivity contribution in [2.75, 3.05) is 13.6 Å². The zero-order valence-electron chi connectivity index (χ0n) is 16.4. The number of rotatable bonds is 5. The van der Waals surface area contributed by atoms with Crippen LogP contribution in [-0.4, -0.2) is 24.7 Å². The highest BCUT2D eigenvalue weighted by atomic mass is 127. The second kappa shape index (κ2) is 9.25. The molecule has 2 unspecified atom stereocenters. The van der Waals surface area contributed by atoms with Crippen LogP contribution in [0.4, 0.5) is 0 Å². The van der Waals surface area contributed by atoms with Crippen molar-refractivity contribution in [3.8, 4) is 0 Å². The second-order valence-electron chi connectivity index (χ2n) is 6.64. The first-order valence-electron chi connectivity index (χ1n) is 8.88. The van der Waals surface area contributed by atoms with Gasteiger partial charge in [-0.25, -0.2) is 0 Å². The summed E-state index contributed by atoms with van der Waals surface area (Å²) in [6.07, 6.45) is 0. The van der Waals surface area contributed by atoms with Gasteiger partial charge in [-0.3, -0.25) is 4.99 Å². The van der Waals surface area contributed by atoms with E-state index in [2.05, 4.69) is 40.7 Å². The topological polar surface area (TPSA) is 75.6 Å².